The minimum atomic E-state index is -0.653. The van der Waals surface area contributed by atoms with Crippen LogP contribution in [0.3, 0.4) is 0 Å². The largest absolute Gasteiger partial charge is 0.462 e. The molecule has 3 rings (SSSR count). The summed E-state index contributed by atoms with van der Waals surface area (Å²) in [6.07, 6.45) is 7.32. The number of fused-ring (bicyclic) bond motifs is 3. The quantitative estimate of drug-likeness (QED) is 0.609. The first kappa shape index (κ1) is 22.6. The third-order valence-electron chi connectivity index (χ3n) is 8.56. The molecule has 166 valence electrons. The maximum Gasteiger partial charge on any atom is 0.303 e. The van der Waals surface area contributed by atoms with Gasteiger partial charge in [-0.3, -0.25) is 9.59 Å². The van der Waals surface area contributed by atoms with Gasteiger partial charge in [0.1, 0.15) is 12.2 Å². The lowest BCUT2D eigenvalue weighted by molar-refractivity contribution is -0.290. The molecule has 2 saturated carbocycles. The zero-order chi connectivity index (χ0) is 21.7. The minimum absolute atomic E-state index is 0.0408. The number of carbonyl (C=O) groups excluding carboxylic acids is 2. The molecular formula is C24H40O5. The molecular weight excluding hydrogens is 368 g/mol. The van der Waals surface area contributed by atoms with Gasteiger partial charge in [-0.2, -0.15) is 0 Å². The van der Waals surface area contributed by atoms with Crippen molar-refractivity contribution in [2.24, 2.45) is 22.7 Å². The SMILES string of the molecule is CC(=O)OCC(OC(C)=O)C1(C)CCC2C(C)(CCC3C(C)(C)CCCC32C)O1. The van der Waals surface area contributed by atoms with Crippen LogP contribution < -0.4 is 0 Å². The molecule has 0 spiro atoms. The average Bonchev–Trinajstić information content (AvgIpc) is 2.56. The minimum Gasteiger partial charge on any atom is -0.462 e. The Kier molecular flexibility index (Phi) is 5.88. The Morgan fingerprint density at radius 3 is 2.21 bits per heavy atom. The molecule has 1 saturated heterocycles. The van der Waals surface area contributed by atoms with Crippen molar-refractivity contribution >= 4 is 11.9 Å². The summed E-state index contributed by atoms with van der Waals surface area (Å²) in [5.41, 5.74) is -0.242. The van der Waals surface area contributed by atoms with Gasteiger partial charge >= 0.3 is 11.9 Å². The number of rotatable bonds is 4. The van der Waals surface area contributed by atoms with Crippen molar-refractivity contribution in [2.75, 3.05) is 6.61 Å². The van der Waals surface area contributed by atoms with Gasteiger partial charge in [-0.05, 0) is 75.0 Å². The summed E-state index contributed by atoms with van der Waals surface area (Å²) in [5.74, 6) is 0.472. The van der Waals surface area contributed by atoms with Gasteiger partial charge in [-0.15, -0.1) is 0 Å². The molecule has 5 heteroatoms. The number of ether oxygens (including phenoxy) is 3. The lowest BCUT2D eigenvalue weighted by atomic mass is 9.44. The van der Waals surface area contributed by atoms with E-state index in [-0.39, 0.29) is 29.6 Å². The number of esters is 2. The summed E-state index contributed by atoms with van der Waals surface area (Å²) in [7, 11) is 0. The highest BCUT2D eigenvalue weighted by atomic mass is 16.6. The summed E-state index contributed by atoms with van der Waals surface area (Å²) in [4.78, 5) is 23.1. The molecule has 1 heterocycles. The zero-order valence-electron chi connectivity index (χ0n) is 19.4. The van der Waals surface area contributed by atoms with Gasteiger partial charge in [0.25, 0.3) is 0 Å². The normalized spacial score (nSPS) is 42.2. The number of hydrogen-bond acceptors (Lipinski definition) is 5. The second-order valence-corrected chi connectivity index (χ2v) is 11.2. The van der Waals surface area contributed by atoms with Gasteiger partial charge in [-0.1, -0.05) is 27.2 Å². The molecule has 0 bridgehead atoms. The molecule has 29 heavy (non-hydrogen) atoms. The van der Waals surface area contributed by atoms with Crippen LogP contribution in [0.1, 0.15) is 93.4 Å². The third kappa shape index (κ3) is 4.08. The van der Waals surface area contributed by atoms with Crippen molar-refractivity contribution in [3.63, 3.8) is 0 Å². The van der Waals surface area contributed by atoms with E-state index >= 15 is 0 Å². The van der Waals surface area contributed by atoms with Crippen LogP contribution in [-0.4, -0.2) is 35.9 Å². The fraction of sp³-hybridized carbons (Fsp3) is 0.917. The predicted molar refractivity (Wildman–Crippen MR) is 111 cm³/mol. The van der Waals surface area contributed by atoms with E-state index in [0.717, 1.165) is 25.2 Å². The highest BCUT2D eigenvalue weighted by molar-refractivity contribution is 5.67. The molecule has 0 radical (unpaired) electrons. The summed E-state index contributed by atoms with van der Waals surface area (Å²) >= 11 is 0. The van der Waals surface area contributed by atoms with E-state index in [0.29, 0.717) is 11.3 Å². The van der Waals surface area contributed by atoms with Crippen molar-refractivity contribution in [1.29, 1.82) is 0 Å². The van der Waals surface area contributed by atoms with E-state index in [1.165, 1.54) is 39.5 Å². The Balaban J connectivity index is 1.85. The molecule has 0 amide bonds. The molecule has 1 aliphatic heterocycles. The van der Waals surface area contributed by atoms with Crippen molar-refractivity contribution in [3.8, 4) is 0 Å². The van der Waals surface area contributed by atoms with E-state index < -0.39 is 11.7 Å². The van der Waals surface area contributed by atoms with Crippen LogP contribution in [0.15, 0.2) is 0 Å². The highest BCUT2D eigenvalue weighted by Crippen LogP contribution is 2.65. The topological polar surface area (TPSA) is 61.8 Å². The van der Waals surface area contributed by atoms with Crippen molar-refractivity contribution in [2.45, 2.75) is 111 Å². The van der Waals surface area contributed by atoms with Crippen LogP contribution in [-0.2, 0) is 23.8 Å². The van der Waals surface area contributed by atoms with Gasteiger partial charge in [0, 0.05) is 13.8 Å². The van der Waals surface area contributed by atoms with Crippen molar-refractivity contribution in [3.05, 3.63) is 0 Å². The summed E-state index contributed by atoms with van der Waals surface area (Å²) in [5, 5.41) is 0. The van der Waals surface area contributed by atoms with Crippen LogP contribution in [0.4, 0.5) is 0 Å². The first-order valence-corrected chi connectivity index (χ1v) is 11.3. The average molecular weight is 409 g/mol. The van der Waals surface area contributed by atoms with Gasteiger partial charge in [0.15, 0.2) is 6.10 Å². The van der Waals surface area contributed by atoms with E-state index in [1.807, 2.05) is 6.92 Å². The van der Waals surface area contributed by atoms with Crippen LogP contribution in [0.2, 0.25) is 0 Å². The molecule has 2 aliphatic carbocycles. The van der Waals surface area contributed by atoms with Gasteiger partial charge < -0.3 is 14.2 Å². The molecule has 5 nitrogen and oxygen atoms in total. The first-order chi connectivity index (χ1) is 13.3. The summed E-state index contributed by atoms with van der Waals surface area (Å²) in [6.45, 7) is 14.5. The van der Waals surface area contributed by atoms with E-state index in [2.05, 4.69) is 27.7 Å². The van der Waals surface area contributed by atoms with Crippen LogP contribution >= 0.6 is 0 Å². The monoisotopic (exact) mass is 408 g/mol. The van der Waals surface area contributed by atoms with Crippen LogP contribution in [0, 0.1) is 22.7 Å². The van der Waals surface area contributed by atoms with E-state index in [1.54, 1.807) is 0 Å². The Labute approximate surface area is 176 Å². The third-order valence-corrected chi connectivity index (χ3v) is 8.56. The van der Waals surface area contributed by atoms with Gasteiger partial charge in [-0.25, -0.2) is 0 Å². The molecule has 0 aromatic carbocycles. The Morgan fingerprint density at radius 1 is 0.931 bits per heavy atom. The highest BCUT2D eigenvalue weighted by Gasteiger charge is 2.62. The first-order valence-electron chi connectivity index (χ1n) is 11.3. The molecule has 0 N–H and O–H groups in total. The standard InChI is InChI=1S/C24H40O5/c1-16(25)27-15-20(28-17(2)26)24(7)14-10-19-22(5)12-8-11-21(3,4)18(22)9-13-23(19,6)29-24/h18-20H,8-15H2,1-7H3. The Morgan fingerprint density at radius 2 is 1.59 bits per heavy atom. The molecule has 6 atom stereocenters. The van der Waals surface area contributed by atoms with Crippen molar-refractivity contribution in [1.82, 2.24) is 0 Å². The molecule has 0 aromatic heterocycles. The lowest BCUT2D eigenvalue weighted by Gasteiger charge is -2.65. The second kappa shape index (κ2) is 7.55. The van der Waals surface area contributed by atoms with Crippen molar-refractivity contribution < 1.29 is 23.8 Å². The maximum absolute atomic E-state index is 11.7. The number of carbonyl (C=O) groups is 2. The van der Waals surface area contributed by atoms with Gasteiger partial charge in [0.05, 0.1) is 5.60 Å². The molecule has 3 aliphatic rings. The summed E-state index contributed by atoms with van der Waals surface area (Å²) < 4.78 is 17.7. The Hall–Kier alpha value is -1.10. The lowest BCUT2D eigenvalue weighted by Crippen LogP contribution is -2.65. The second-order valence-electron chi connectivity index (χ2n) is 11.2. The fourth-order valence-corrected chi connectivity index (χ4v) is 7.33. The predicted octanol–water partition coefficient (Wildman–Crippen LogP) is 5.05. The zero-order valence-corrected chi connectivity index (χ0v) is 19.4. The molecule has 3 fully saturated rings. The number of hydrogen-bond donors (Lipinski definition) is 0. The fourth-order valence-electron chi connectivity index (χ4n) is 7.33. The smallest absolute Gasteiger partial charge is 0.303 e. The maximum atomic E-state index is 11.7. The Bertz CT molecular complexity index is 658. The van der Waals surface area contributed by atoms with Crippen LogP contribution in [0.5, 0.6) is 0 Å². The molecule has 6 unspecified atom stereocenters. The molecule has 0 aromatic rings. The van der Waals surface area contributed by atoms with Crippen LogP contribution in [0.25, 0.3) is 0 Å². The van der Waals surface area contributed by atoms with Gasteiger partial charge in [0.2, 0.25) is 0 Å². The van der Waals surface area contributed by atoms with E-state index in [4.69, 9.17) is 14.2 Å². The summed E-state index contributed by atoms with van der Waals surface area (Å²) in [6, 6.07) is 0. The van der Waals surface area contributed by atoms with E-state index in [9.17, 15) is 9.59 Å².